The number of benzene rings is 2. The van der Waals surface area contributed by atoms with Crippen LogP contribution in [-0.4, -0.2) is 32.1 Å². The van der Waals surface area contributed by atoms with Crippen molar-refractivity contribution in [2.75, 3.05) is 11.4 Å². The summed E-state index contributed by atoms with van der Waals surface area (Å²) in [5, 5.41) is 4.10. The Kier molecular flexibility index (Phi) is 4.04. The lowest BCUT2D eigenvalue weighted by molar-refractivity contribution is -0.117. The van der Waals surface area contributed by atoms with Gasteiger partial charge in [0.25, 0.3) is 0 Å². The van der Waals surface area contributed by atoms with Crippen LogP contribution in [0, 0.1) is 0 Å². The molecule has 8 heteroatoms. The highest BCUT2D eigenvalue weighted by atomic mass is 16.5. The van der Waals surface area contributed by atoms with E-state index in [9.17, 15) is 9.59 Å². The van der Waals surface area contributed by atoms with E-state index in [1.54, 1.807) is 9.47 Å². The molecule has 0 spiro atoms. The van der Waals surface area contributed by atoms with Crippen LogP contribution in [0.3, 0.4) is 0 Å². The number of para-hydroxylation sites is 1. The van der Waals surface area contributed by atoms with E-state index in [4.69, 9.17) is 4.52 Å². The summed E-state index contributed by atoms with van der Waals surface area (Å²) in [4.78, 5) is 33.6. The van der Waals surface area contributed by atoms with Gasteiger partial charge in [-0.1, -0.05) is 23.4 Å². The molecule has 29 heavy (non-hydrogen) atoms. The Hall–Kier alpha value is -3.68. The standard InChI is InChI=1S/C21H19N5O3/c1-2-25-17-9-8-13(10-16(17)22-21(25)28)19-23-20(29-24-19)14-11-18(27)26(12-14)15-6-4-3-5-7-15/h3-10,14H,2,11-12H2,1H3,(H,22,28)/t14-/m1/s1. The summed E-state index contributed by atoms with van der Waals surface area (Å²) in [5.41, 5.74) is 3.05. The van der Waals surface area contributed by atoms with Gasteiger partial charge in [-0.3, -0.25) is 9.36 Å². The largest absolute Gasteiger partial charge is 0.339 e. The Morgan fingerprint density at radius 1 is 1.17 bits per heavy atom. The molecule has 1 saturated heterocycles. The van der Waals surface area contributed by atoms with Gasteiger partial charge in [-0.05, 0) is 37.3 Å². The number of amides is 1. The monoisotopic (exact) mass is 389 g/mol. The first kappa shape index (κ1) is 17.4. The van der Waals surface area contributed by atoms with Crippen molar-refractivity contribution in [1.82, 2.24) is 19.7 Å². The van der Waals surface area contributed by atoms with Gasteiger partial charge in [0, 0.05) is 30.8 Å². The molecule has 0 radical (unpaired) electrons. The van der Waals surface area contributed by atoms with E-state index in [1.165, 1.54) is 0 Å². The summed E-state index contributed by atoms with van der Waals surface area (Å²) in [7, 11) is 0. The molecule has 3 heterocycles. The van der Waals surface area contributed by atoms with Gasteiger partial charge in [-0.2, -0.15) is 4.98 Å². The number of fused-ring (bicyclic) bond motifs is 1. The highest BCUT2D eigenvalue weighted by Gasteiger charge is 2.35. The zero-order valence-electron chi connectivity index (χ0n) is 15.8. The number of anilines is 1. The maximum absolute atomic E-state index is 12.4. The van der Waals surface area contributed by atoms with Crippen molar-refractivity contribution >= 4 is 22.6 Å². The van der Waals surface area contributed by atoms with Crippen LogP contribution in [0.15, 0.2) is 57.8 Å². The summed E-state index contributed by atoms with van der Waals surface area (Å²) >= 11 is 0. The number of rotatable bonds is 4. The second-order valence-electron chi connectivity index (χ2n) is 7.10. The normalized spacial score (nSPS) is 16.8. The van der Waals surface area contributed by atoms with Gasteiger partial charge in [-0.15, -0.1) is 0 Å². The first-order chi connectivity index (χ1) is 14.1. The quantitative estimate of drug-likeness (QED) is 0.579. The van der Waals surface area contributed by atoms with Gasteiger partial charge in [0.05, 0.1) is 17.0 Å². The number of nitrogens with one attached hydrogen (secondary N) is 1. The Bertz CT molecular complexity index is 1250. The minimum Gasteiger partial charge on any atom is -0.339 e. The second kappa shape index (κ2) is 6.73. The predicted octanol–water partition coefficient (Wildman–Crippen LogP) is 2.92. The van der Waals surface area contributed by atoms with Gasteiger partial charge < -0.3 is 14.4 Å². The molecule has 0 saturated carbocycles. The summed E-state index contributed by atoms with van der Waals surface area (Å²) in [6.07, 6.45) is 0.336. The Labute approximate surface area is 165 Å². The molecule has 2 aromatic carbocycles. The maximum Gasteiger partial charge on any atom is 0.326 e. The smallest absolute Gasteiger partial charge is 0.326 e. The fraction of sp³-hybridized carbons (Fsp3) is 0.238. The van der Waals surface area contributed by atoms with Gasteiger partial charge >= 0.3 is 5.69 Å². The molecule has 0 bridgehead atoms. The van der Waals surface area contributed by atoms with Crippen molar-refractivity contribution in [1.29, 1.82) is 0 Å². The van der Waals surface area contributed by atoms with Crippen molar-refractivity contribution in [3.05, 3.63) is 64.9 Å². The third-order valence-electron chi connectivity index (χ3n) is 5.33. The number of nitrogens with zero attached hydrogens (tertiary/aromatic N) is 4. The topological polar surface area (TPSA) is 97.0 Å². The van der Waals surface area contributed by atoms with E-state index in [2.05, 4.69) is 15.1 Å². The van der Waals surface area contributed by atoms with Crippen molar-refractivity contribution in [2.24, 2.45) is 0 Å². The molecule has 1 atom stereocenters. The first-order valence-corrected chi connectivity index (χ1v) is 9.56. The third kappa shape index (κ3) is 2.93. The molecule has 1 aliphatic rings. The van der Waals surface area contributed by atoms with E-state index in [-0.39, 0.29) is 17.5 Å². The second-order valence-corrected chi connectivity index (χ2v) is 7.10. The number of aromatic nitrogens is 4. The van der Waals surface area contributed by atoms with E-state index in [1.807, 2.05) is 55.5 Å². The number of aromatic amines is 1. The van der Waals surface area contributed by atoms with Crippen LogP contribution in [-0.2, 0) is 11.3 Å². The average molecular weight is 389 g/mol. The maximum atomic E-state index is 12.4. The van der Waals surface area contributed by atoms with Crippen LogP contribution in [0.1, 0.15) is 25.2 Å². The molecule has 0 unspecified atom stereocenters. The van der Waals surface area contributed by atoms with Crippen LogP contribution in [0.2, 0.25) is 0 Å². The number of H-pyrrole nitrogens is 1. The van der Waals surface area contributed by atoms with E-state index in [0.29, 0.717) is 31.2 Å². The van der Waals surface area contributed by atoms with Crippen molar-refractivity contribution in [2.45, 2.75) is 25.8 Å². The number of carbonyl (C=O) groups excluding carboxylic acids is 1. The molecule has 1 amide bonds. The summed E-state index contributed by atoms with van der Waals surface area (Å²) in [6.45, 7) is 3.03. The lowest BCUT2D eigenvalue weighted by atomic mass is 10.1. The summed E-state index contributed by atoms with van der Waals surface area (Å²) in [6, 6.07) is 15.2. The van der Waals surface area contributed by atoms with Gasteiger partial charge in [0.15, 0.2) is 0 Å². The number of hydrogen-bond donors (Lipinski definition) is 1. The van der Waals surface area contributed by atoms with Crippen LogP contribution in [0.25, 0.3) is 22.4 Å². The van der Waals surface area contributed by atoms with Gasteiger partial charge in [0.1, 0.15) is 0 Å². The molecule has 8 nitrogen and oxygen atoms in total. The Balaban J connectivity index is 1.42. The van der Waals surface area contributed by atoms with E-state index < -0.39 is 0 Å². The molecular weight excluding hydrogens is 370 g/mol. The fourth-order valence-corrected chi connectivity index (χ4v) is 3.87. The Morgan fingerprint density at radius 3 is 2.79 bits per heavy atom. The molecule has 5 rings (SSSR count). The first-order valence-electron chi connectivity index (χ1n) is 9.56. The Morgan fingerprint density at radius 2 is 2.00 bits per heavy atom. The minimum absolute atomic E-state index is 0.0425. The molecule has 0 aliphatic carbocycles. The summed E-state index contributed by atoms with van der Waals surface area (Å²) < 4.78 is 7.15. The van der Waals surface area contributed by atoms with Crippen LogP contribution in [0.4, 0.5) is 5.69 Å². The summed E-state index contributed by atoms with van der Waals surface area (Å²) in [5.74, 6) is 0.790. The number of imidazole rings is 1. The number of aryl methyl sites for hydroxylation is 1. The van der Waals surface area contributed by atoms with Gasteiger partial charge in [-0.25, -0.2) is 4.79 Å². The highest BCUT2D eigenvalue weighted by Crippen LogP contribution is 2.32. The van der Waals surface area contributed by atoms with E-state index >= 15 is 0 Å². The SMILES string of the molecule is CCn1c(=O)[nH]c2cc(-c3noc([C@@H]4CC(=O)N(c5ccccc5)C4)n3)ccc21. The van der Waals surface area contributed by atoms with Crippen molar-refractivity contribution < 1.29 is 9.32 Å². The van der Waals surface area contributed by atoms with Crippen LogP contribution >= 0.6 is 0 Å². The van der Waals surface area contributed by atoms with E-state index in [0.717, 1.165) is 22.3 Å². The highest BCUT2D eigenvalue weighted by molar-refractivity contribution is 5.96. The predicted molar refractivity (Wildman–Crippen MR) is 108 cm³/mol. The van der Waals surface area contributed by atoms with Crippen molar-refractivity contribution in [3.63, 3.8) is 0 Å². The molecular formula is C21H19N5O3. The lowest BCUT2D eigenvalue weighted by Crippen LogP contribution is -2.24. The van der Waals surface area contributed by atoms with Crippen LogP contribution < -0.4 is 10.6 Å². The molecule has 1 N–H and O–H groups in total. The molecule has 1 fully saturated rings. The lowest BCUT2D eigenvalue weighted by Gasteiger charge is -2.15. The molecule has 4 aromatic rings. The number of hydrogen-bond acceptors (Lipinski definition) is 5. The number of carbonyl (C=O) groups is 1. The third-order valence-corrected chi connectivity index (χ3v) is 5.33. The molecule has 1 aliphatic heterocycles. The van der Waals surface area contributed by atoms with Crippen molar-refractivity contribution in [3.8, 4) is 11.4 Å². The zero-order valence-corrected chi connectivity index (χ0v) is 15.8. The minimum atomic E-state index is -0.145. The zero-order chi connectivity index (χ0) is 20.0. The molecule has 2 aromatic heterocycles. The fourth-order valence-electron chi connectivity index (χ4n) is 3.87. The average Bonchev–Trinajstić information content (AvgIpc) is 3.44. The van der Waals surface area contributed by atoms with Gasteiger partial charge in [0.2, 0.25) is 17.6 Å². The molecule has 146 valence electrons. The van der Waals surface area contributed by atoms with Crippen LogP contribution in [0.5, 0.6) is 0 Å².